The maximum atomic E-state index is 6.58. The first-order chi connectivity index (χ1) is 22.3. The summed E-state index contributed by atoms with van der Waals surface area (Å²) < 4.78 is 6.58. The average Bonchev–Trinajstić information content (AvgIpc) is 3.44. The van der Waals surface area contributed by atoms with Crippen molar-refractivity contribution in [3.63, 3.8) is 0 Å². The SMILES string of the molecule is c1ccc(C2=[SH]c3cc4oc5cc(-c6c7ccccc7c(-c7cccc8ccccc78)c7ccccc67)ccc5c4cc32)cc1. The molecule has 0 atom stereocenters. The quantitative estimate of drug-likeness (QED) is 0.123. The van der Waals surface area contributed by atoms with Crippen LogP contribution < -0.4 is 0 Å². The van der Waals surface area contributed by atoms with Crippen molar-refractivity contribution in [1.29, 1.82) is 0 Å². The lowest BCUT2D eigenvalue weighted by Crippen LogP contribution is -2.09. The van der Waals surface area contributed by atoms with Crippen LogP contribution in [-0.4, -0.2) is 4.86 Å². The van der Waals surface area contributed by atoms with Crippen molar-refractivity contribution >= 4 is 70.5 Å². The van der Waals surface area contributed by atoms with Crippen LogP contribution in [0.2, 0.25) is 0 Å². The summed E-state index contributed by atoms with van der Waals surface area (Å²) in [6, 6.07) is 55.2. The zero-order chi connectivity index (χ0) is 29.5. The Balaban J connectivity index is 1.20. The van der Waals surface area contributed by atoms with Crippen molar-refractivity contribution in [2.45, 2.75) is 4.90 Å². The Bertz CT molecular complexity index is 2630. The summed E-state index contributed by atoms with van der Waals surface area (Å²) in [5, 5.41) is 9.88. The van der Waals surface area contributed by atoms with Gasteiger partial charge < -0.3 is 4.42 Å². The summed E-state index contributed by atoms with van der Waals surface area (Å²) in [7, 11) is 0. The minimum absolute atomic E-state index is 0.928. The van der Waals surface area contributed by atoms with Gasteiger partial charge >= 0.3 is 0 Å². The molecular formula is C43H26OS. The summed E-state index contributed by atoms with van der Waals surface area (Å²) in [4.78, 5) is 2.73. The van der Waals surface area contributed by atoms with Gasteiger partial charge in [-0.15, -0.1) is 0 Å². The van der Waals surface area contributed by atoms with Crippen molar-refractivity contribution in [1.82, 2.24) is 0 Å². The van der Waals surface area contributed by atoms with Gasteiger partial charge in [-0.25, -0.2) is 0 Å². The number of rotatable bonds is 3. The predicted octanol–water partition coefficient (Wildman–Crippen LogP) is 11.8. The van der Waals surface area contributed by atoms with E-state index in [0.29, 0.717) is 0 Å². The van der Waals surface area contributed by atoms with Crippen molar-refractivity contribution < 1.29 is 4.42 Å². The van der Waals surface area contributed by atoms with Gasteiger partial charge in [0.2, 0.25) is 0 Å². The molecule has 0 amide bonds. The summed E-state index contributed by atoms with van der Waals surface area (Å²) in [6.45, 7) is 0. The van der Waals surface area contributed by atoms with Gasteiger partial charge in [-0.2, -0.15) is 11.4 Å². The minimum atomic E-state index is 0.928. The van der Waals surface area contributed by atoms with E-state index in [-0.39, 0.29) is 0 Å². The number of benzene rings is 8. The first kappa shape index (κ1) is 24.9. The summed E-state index contributed by atoms with van der Waals surface area (Å²) in [5.74, 6) is 0. The van der Waals surface area contributed by atoms with Crippen LogP contribution in [0.5, 0.6) is 0 Å². The molecule has 0 N–H and O–H groups in total. The summed E-state index contributed by atoms with van der Waals surface area (Å²) in [6.07, 6.45) is 0. The standard InChI is InChI=1S/C43H26OS/c1-2-12-27(13-3-1)43-37-24-36-30-22-21-28(23-38(30)44-39(36)25-40(37)45-43)41-32-16-6-8-18-34(32)42(35-19-9-7-17-33(35)41)31-20-10-14-26-11-4-5-15-29(26)31/h1-25,45H. The number of thiol groups is 1. The van der Waals surface area contributed by atoms with Crippen LogP contribution in [0.3, 0.4) is 0 Å². The zero-order valence-electron chi connectivity index (χ0n) is 24.3. The molecule has 2 heteroatoms. The lowest BCUT2D eigenvalue weighted by atomic mass is 9.84. The van der Waals surface area contributed by atoms with E-state index in [2.05, 4.69) is 152 Å². The molecule has 10 rings (SSSR count). The van der Waals surface area contributed by atoms with Crippen LogP contribution >= 0.6 is 11.4 Å². The monoisotopic (exact) mass is 590 g/mol. The molecule has 8 aromatic carbocycles. The Morgan fingerprint density at radius 2 is 1.00 bits per heavy atom. The van der Waals surface area contributed by atoms with Gasteiger partial charge in [-0.3, -0.25) is 0 Å². The van der Waals surface area contributed by atoms with E-state index in [1.54, 1.807) is 0 Å². The predicted molar refractivity (Wildman–Crippen MR) is 194 cm³/mol. The van der Waals surface area contributed by atoms with Crippen molar-refractivity contribution in [2.75, 3.05) is 0 Å². The second-order valence-corrected chi connectivity index (χ2v) is 13.0. The molecule has 9 aromatic rings. The molecule has 1 nitrogen and oxygen atoms in total. The van der Waals surface area contributed by atoms with Crippen LogP contribution in [-0.2, 0) is 0 Å². The van der Waals surface area contributed by atoms with Crippen LogP contribution in [0.4, 0.5) is 0 Å². The van der Waals surface area contributed by atoms with Gasteiger partial charge in [-0.1, -0.05) is 127 Å². The molecule has 0 aliphatic carbocycles. The Labute approximate surface area is 263 Å². The average molecular weight is 591 g/mol. The molecule has 0 unspecified atom stereocenters. The van der Waals surface area contributed by atoms with Gasteiger partial charge in [0.25, 0.3) is 0 Å². The molecule has 0 spiro atoms. The number of furan rings is 1. The molecule has 0 saturated heterocycles. The lowest BCUT2D eigenvalue weighted by molar-refractivity contribution is 0.668. The molecule has 210 valence electrons. The van der Waals surface area contributed by atoms with E-state index in [1.807, 2.05) is 0 Å². The largest absolute Gasteiger partial charge is 0.456 e. The molecule has 0 saturated carbocycles. The first-order valence-corrected chi connectivity index (χ1v) is 16.3. The van der Waals surface area contributed by atoms with Gasteiger partial charge in [0.05, 0.1) is 0 Å². The fraction of sp³-hybridized carbons (Fsp3) is 0. The molecule has 0 fully saturated rings. The highest BCUT2D eigenvalue weighted by Crippen LogP contribution is 2.46. The molecule has 1 aromatic heterocycles. The second-order valence-electron chi connectivity index (χ2n) is 11.9. The topological polar surface area (TPSA) is 13.1 Å². The second kappa shape index (κ2) is 9.53. The highest BCUT2D eigenvalue weighted by molar-refractivity contribution is 8.01. The van der Waals surface area contributed by atoms with E-state index >= 15 is 0 Å². The minimum Gasteiger partial charge on any atom is -0.456 e. The van der Waals surface area contributed by atoms with Crippen molar-refractivity contribution in [3.05, 3.63) is 163 Å². The van der Waals surface area contributed by atoms with E-state index in [4.69, 9.17) is 4.42 Å². The maximum Gasteiger partial charge on any atom is 0.136 e. The lowest BCUT2D eigenvalue weighted by Gasteiger charge is -2.20. The van der Waals surface area contributed by atoms with E-state index in [0.717, 1.165) is 16.6 Å². The summed E-state index contributed by atoms with van der Waals surface area (Å²) >= 11 is 1.27. The van der Waals surface area contributed by atoms with Gasteiger partial charge in [0.1, 0.15) is 11.2 Å². The van der Waals surface area contributed by atoms with E-state index in [9.17, 15) is 0 Å². The van der Waals surface area contributed by atoms with Crippen LogP contribution in [0.1, 0.15) is 11.1 Å². The molecule has 1 aliphatic rings. The van der Waals surface area contributed by atoms with Gasteiger partial charge in [0.15, 0.2) is 0 Å². The smallest absolute Gasteiger partial charge is 0.136 e. The first-order valence-electron chi connectivity index (χ1n) is 15.4. The van der Waals surface area contributed by atoms with Gasteiger partial charge in [-0.05, 0) is 84.4 Å². The van der Waals surface area contributed by atoms with Crippen LogP contribution in [0.25, 0.3) is 76.5 Å². The fourth-order valence-electron chi connectivity index (χ4n) is 7.37. The highest BCUT2D eigenvalue weighted by Gasteiger charge is 2.22. The third-order valence-corrected chi connectivity index (χ3v) is 10.7. The Morgan fingerprint density at radius 3 is 1.76 bits per heavy atom. The molecule has 0 bridgehead atoms. The zero-order valence-corrected chi connectivity index (χ0v) is 25.2. The Morgan fingerprint density at radius 1 is 0.378 bits per heavy atom. The molecule has 0 radical (unpaired) electrons. The number of fused-ring (bicyclic) bond motifs is 7. The molecule has 45 heavy (non-hydrogen) atoms. The normalized spacial score (nSPS) is 12.8. The Kier molecular flexibility index (Phi) is 5.28. The highest BCUT2D eigenvalue weighted by atomic mass is 32.1. The van der Waals surface area contributed by atoms with Crippen molar-refractivity contribution in [3.8, 4) is 22.3 Å². The van der Waals surface area contributed by atoms with Gasteiger partial charge in [0, 0.05) is 26.1 Å². The third kappa shape index (κ3) is 3.67. The summed E-state index contributed by atoms with van der Waals surface area (Å²) in [5.41, 5.74) is 9.49. The number of hydrogen-bond acceptors (Lipinski definition) is 1. The third-order valence-electron chi connectivity index (χ3n) is 9.40. The fourth-order valence-corrected chi connectivity index (χ4v) is 8.50. The molecule has 1 aliphatic heterocycles. The van der Waals surface area contributed by atoms with Crippen LogP contribution in [0.15, 0.2) is 161 Å². The van der Waals surface area contributed by atoms with E-state index in [1.165, 1.54) is 92.2 Å². The maximum absolute atomic E-state index is 6.58. The van der Waals surface area contributed by atoms with Crippen molar-refractivity contribution in [2.24, 2.45) is 0 Å². The van der Waals surface area contributed by atoms with E-state index < -0.39 is 0 Å². The van der Waals surface area contributed by atoms with Crippen LogP contribution in [0, 0.1) is 0 Å². The molecule has 2 heterocycles. The molecular weight excluding hydrogens is 565 g/mol. The Hall–Kier alpha value is -5.44. The number of hydrogen-bond donors (Lipinski definition) is 1.